The number of halogens is 2. The van der Waals surface area contributed by atoms with Gasteiger partial charge in [0.2, 0.25) is 0 Å². The third-order valence-electron chi connectivity index (χ3n) is 3.36. The van der Waals surface area contributed by atoms with Crippen molar-refractivity contribution < 1.29 is 32.6 Å². The second-order valence-electron chi connectivity index (χ2n) is 5.44. The fraction of sp³-hybridized carbons (Fsp3) is 0.263. The molecular formula is C19H19F2NO5. The number of hydrogen-bond donors (Lipinski definition) is 1. The first-order valence-corrected chi connectivity index (χ1v) is 8.20. The van der Waals surface area contributed by atoms with Gasteiger partial charge in [-0.25, -0.2) is 13.6 Å². The summed E-state index contributed by atoms with van der Waals surface area (Å²) in [6.07, 6.45) is -1.22. The van der Waals surface area contributed by atoms with Crippen molar-refractivity contribution in [2.45, 2.75) is 20.0 Å². The van der Waals surface area contributed by atoms with Crippen molar-refractivity contribution in [1.82, 2.24) is 0 Å². The van der Waals surface area contributed by atoms with Crippen LogP contribution in [0, 0.1) is 11.6 Å². The Hall–Kier alpha value is -3.16. The average molecular weight is 379 g/mol. The standard InChI is InChI=1S/C19H19F2NO5/c1-3-25-14-5-7-15(8-6-14)26-11-18(23)27-12(2)19(24)22-17-10-13(20)4-9-16(17)21/h4-10,12H,3,11H2,1-2H3,(H,22,24)/t12-/m0/s1. The Kier molecular flexibility index (Phi) is 7.10. The predicted octanol–water partition coefficient (Wildman–Crippen LogP) is 3.31. The van der Waals surface area contributed by atoms with Crippen LogP contribution in [0.4, 0.5) is 14.5 Å². The lowest BCUT2D eigenvalue weighted by Gasteiger charge is -2.14. The maximum atomic E-state index is 13.5. The van der Waals surface area contributed by atoms with E-state index >= 15 is 0 Å². The van der Waals surface area contributed by atoms with E-state index in [9.17, 15) is 18.4 Å². The van der Waals surface area contributed by atoms with Gasteiger partial charge in [-0.3, -0.25) is 4.79 Å². The monoisotopic (exact) mass is 379 g/mol. The Balaban J connectivity index is 1.82. The van der Waals surface area contributed by atoms with Gasteiger partial charge in [0.25, 0.3) is 5.91 Å². The van der Waals surface area contributed by atoms with E-state index in [0.717, 1.165) is 18.2 Å². The first kappa shape index (κ1) is 20.2. The number of carbonyl (C=O) groups is 2. The molecule has 0 heterocycles. The molecule has 0 aliphatic carbocycles. The highest BCUT2D eigenvalue weighted by atomic mass is 19.1. The van der Waals surface area contributed by atoms with Crippen LogP contribution >= 0.6 is 0 Å². The number of hydrogen-bond acceptors (Lipinski definition) is 5. The molecule has 0 radical (unpaired) electrons. The minimum absolute atomic E-state index is 0.339. The molecule has 2 rings (SSSR count). The number of benzene rings is 2. The molecule has 1 atom stereocenters. The predicted molar refractivity (Wildman–Crippen MR) is 93.6 cm³/mol. The number of nitrogens with one attached hydrogen (secondary N) is 1. The molecular weight excluding hydrogens is 360 g/mol. The van der Waals surface area contributed by atoms with E-state index in [1.165, 1.54) is 6.92 Å². The first-order valence-electron chi connectivity index (χ1n) is 8.20. The summed E-state index contributed by atoms with van der Waals surface area (Å²) in [5.41, 5.74) is -0.339. The molecule has 6 nitrogen and oxygen atoms in total. The molecule has 0 saturated heterocycles. The maximum Gasteiger partial charge on any atom is 0.344 e. The molecule has 0 saturated carbocycles. The van der Waals surface area contributed by atoms with Gasteiger partial charge in [0.05, 0.1) is 12.3 Å². The van der Waals surface area contributed by atoms with Crippen LogP contribution in [0.3, 0.4) is 0 Å². The minimum Gasteiger partial charge on any atom is -0.494 e. The van der Waals surface area contributed by atoms with Gasteiger partial charge in [0.1, 0.15) is 23.1 Å². The van der Waals surface area contributed by atoms with E-state index in [4.69, 9.17) is 14.2 Å². The van der Waals surface area contributed by atoms with Gasteiger partial charge >= 0.3 is 5.97 Å². The van der Waals surface area contributed by atoms with Crippen molar-refractivity contribution in [2.24, 2.45) is 0 Å². The molecule has 8 heteroatoms. The number of ether oxygens (including phenoxy) is 3. The third kappa shape index (κ3) is 6.25. The molecule has 1 N–H and O–H groups in total. The molecule has 0 aliphatic heterocycles. The summed E-state index contributed by atoms with van der Waals surface area (Å²) >= 11 is 0. The van der Waals surface area contributed by atoms with E-state index in [-0.39, 0.29) is 5.69 Å². The minimum atomic E-state index is -1.22. The lowest BCUT2D eigenvalue weighted by molar-refractivity contribution is -0.155. The van der Waals surface area contributed by atoms with E-state index in [0.29, 0.717) is 18.1 Å². The van der Waals surface area contributed by atoms with Crippen molar-refractivity contribution in [1.29, 1.82) is 0 Å². The van der Waals surface area contributed by atoms with Gasteiger partial charge in [-0.2, -0.15) is 0 Å². The summed E-state index contributed by atoms with van der Waals surface area (Å²) in [4.78, 5) is 23.7. The normalized spacial score (nSPS) is 11.4. The number of amides is 1. The van der Waals surface area contributed by atoms with E-state index in [1.54, 1.807) is 24.3 Å². The van der Waals surface area contributed by atoms with Gasteiger partial charge in [0.15, 0.2) is 12.7 Å². The number of anilines is 1. The average Bonchev–Trinajstić information content (AvgIpc) is 2.64. The summed E-state index contributed by atoms with van der Waals surface area (Å²) in [5, 5.41) is 2.16. The fourth-order valence-electron chi connectivity index (χ4n) is 2.05. The molecule has 2 aromatic rings. The van der Waals surface area contributed by atoms with E-state index in [2.05, 4.69) is 5.32 Å². The van der Waals surface area contributed by atoms with Crippen LogP contribution in [0.1, 0.15) is 13.8 Å². The van der Waals surface area contributed by atoms with E-state index < -0.39 is 36.2 Å². The molecule has 0 unspecified atom stereocenters. The molecule has 2 aromatic carbocycles. The fourth-order valence-corrected chi connectivity index (χ4v) is 2.05. The molecule has 0 aliphatic rings. The third-order valence-corrected chi connectivity index (χ3v) is 3.36. The van der Waals surface area contributed by atoms with Gasteiger partial charge in [-0.15, -0.1) is 0 Å². The smallest absolute Gasteiger partial charge is 0.344 e. The highest BCUT2D eigenvalue weighted by Crippen LogP contribution is 2.18. The molecule has 144 valence electrons. The molecule has 0 bridgehead atoms. The highest BCUT2D eigenvalue weighted by molar-refractivity contribution is 5.95. The van der Waals surface area contributed by atoms with Crippen molar-refractivity contribution in [3.05, 3.63) is 54.1 Å². The zero-order chi connectivity index (χ0) is 19.8. The Morgan fingerprint density at radius 3 is 2.30 bits per heavy atom. The molecule has 0 fully saturated rings. The second-order valence-corrected chi connectivity index (χ2v) is 5.44. The van der Waals surface area contributed by atoms with Crippen molar-refractivity contribution in [2.75, 3.05) is 18.5 Å². The van der Waals surface area contributed by atoms with Gasteiger partial charge in [0, 0.05) is 6.07 Å². The van der Waals surface area contributed by atoms with Gasteiger partial charge < -0.3 is 19.5 Å². The second kappa shape index (κ2) is 9.51. The molecule has 27 heavy (non-hydrogen) atoms. The van der Waals surface area contributed by atoms with Crippen molar-refractivity contribution >= 4 is 17.6 Å². The Morgan fingerprint density at radius 2 is 1.67 bits per heavy atom. The van der Waals surface area contributed by atoms with Crippen LogP contribution in [-0.2, 0) is 14.3 Å². The Bertz CT molecular complexity index is 795. The Labute approximate surface area is 155 Å². The summed E-state index contributed by atoms with van der Waals surface area (Å²) < 4.78 is 42.1. The SMILES string of the molecule is CCOc1ccc(OCC(=O)O[C@@H](C)C(=O)Nc2cc(F)ccc2F)cc1. The van der Waals surface area contributed by atoms with Crippen LogP contribution in [0.2, 0.25) is 0 Å². The molecule has 0 aromatic heterocycles. The lowest BCUT2D eigenvalue weighted by Crippen LogP contribution is -2.32. The number of esters is 1. The topological polar surface area (TPSA) is 73.9 Å². The quantitative estimate of drug-likeness (QED) is 0.713. The summed E-state index contributed by atoms with van der Waals surface area (Å²) in [6.45, 7) is 3.29. The summed E-state index contributed by atoms with van der Waals surface area (Å²) in [5.74, 6) is -2.00. The lowest BCUT2D eigenvalue weighted by atomic mass is 10.2. The Morgan fingerprint density at radius 1 is 1.04 bits per heavy atom. The van der Waals surface area contributed by atoms with Gasteiger partial charge in [-0.1, -0.05) is 0 Å². The number of carbonyl (C=O) groups excluding carboxylic acids is 2. The van der Waals surface area contributed by atoms with Crippen LogP contribution < -0.4 is 14.8 Å². The van der Waals surface area contributed by atoms with Crippen LogP contribution in [0.5, 0.6) is 11.5 Å². The van der Waals surface area contributed by atoms with Crippen molar-refractivity contribution in [3.8, 4) is 11.5 Å². The van der Waals surface area contributed by atoms with Crippen LogP contribution in [0.25, 0.3) is 0 Å². The summed E-state index contributed by atoms with van der Waals surface area (Å²) in [7, 11) is 0. The van der Waals surface area contributed by atoms with Gasteiger partial charge in [-0.05, 0) is 50.2 Å². The van der Waals surface area contributed by atoms with E-state index in [1.807, 2.05) is 6.92 Å². The zero-order valence-corrected chi connectivity index (χ0v) is 14.8. The highest BCUT2D eigenvalue weighted by Gasteiger charge is 2.19. The maximum absolute atomic E-state index is 13.5. The number of rotatable bonds is 8. The van der Waals surface area contributed by atoms with Crippen molar-refractivity contribution in [3.63, 3.8) is 0 Å². The largest absolute Gasteiger partial charge is 0.494 e. The van der Waals surface area contributed by atoms with Crippen LogP contribution in [-0.4, -0.2) is 31.2 Å². The molecule has 0 spiro atoms. The first-order chi connectivity index (χ1) is 12.9. The van der Waals surface area contributed by atoms with Crippen LogP contribution in [0.15, 0.2) is 42.5 Å². The molecule has 1 amide bonds. The zero-order valence-electron chi connectivity index (χ0n) is 14.8. The summed E-state index contributed by atoms with van der Waals surface area (Å²) in [6, 6.07) is 9.26.